The molecule has 1 unspecified atom stereocenters. The molecule has 0 radical (unpaired) electrons. The number of hydrogen-bond acceptors (Lipinski definition) is 4. The Kier molecular flexibility index (Phi) is 4.53. The summed E-state index contributed by atoms with van der Waals surface area (Å²) in [6.07, 6.45) is 2.69. The summed E-state index contributed by atoms with van der Waals surface area (Å²) in [6, 6.07) is 11.1. The summed E-state index contributed by atoms with van der Waals surface area (Å²) in [5.41, 5.74) is 13.3. The Labute approximate surface area is 125 Å². The third kappa shape index (κ3) is 3.81. The van der Waals surface area contributed by atoms with Crippen LogP contribution in [0.15, 0.2) is 30.3 Å². The maximum atomic E-state index is 11.2. The van der Waals surface area contributed by atoms with Crippen LogP contribution in [0.1, 0.15) is 24.8 Å². The number of hydrazine groups is 1. The SMILES string of the molecule is N[C@H]1CN(Cc2ccccc2)C[C@H]1CCC1CC(=O)NN1. The van der Waals surface area contributed by atoms with Crippen molar-refractivity contribution in [2.45, 2.75) is 37.9 Å². The zero-order valence-electron chi connectivity index (χ0n) is 12.3. The van der Waals surface area contributed by atoms with Crippen LogP contribution in [-0.4, -0.2) is 36.0 Å². The summed E-state index contributed by atoms with van der Waals surface area (Å²) in [5.74, 6) is 0.632. The molecule has 3 atom stereocenters. The van der Waals surface area contributed by atoms with Gasteiger partial charge in [0.2, 0.25) is 5.91 Å². The van der Waals surface area contributed by atoms with E-state index in [1.165, 1.54) is 5.56 Å². The van der Waals surface area contributed by atoms with E-state index in [9.17, 15) is 4.79 Å². The van der Waals surface area contributed by atoms with Gasteiger partial charge in [0.05, 0.1) is 0 Å². The van der Waals surface area contributed by atoms with Crippen LogP contribution in [0.4, 0.5) is 0 Å². The van der Waals surface area contributed by atoms with Crippen molar-refractivity contribution in [1.82, 2.24) is 15.8 Å². The summed E-state index contributed by atoms with van der Waals surface area (Å²) < 4.78 is 0. The van der Waals surface area contributed by atoms with Gasteiger partial charge in [-0.1, -0.05) is 30.3 Å². The molecular weight excluding hydrogens is 264 g/mol. The van der Waals surface area contributed by atoms with E-state index in [2.05, 4.69) is 40.0 Å². The third-order valence-electron chi connectivity index (χ3n) is 4.55. The summed E-state index contributed by atoms with van der Waals surface area (Å²) in [7, 11) is 0. The van der Waals surface area contributed by atoms with Crippen LogP contribution >= 0.6 is 0 Å². The molecule has 114 valence electrons. The standard InChI is InChI=1S/C16H24N4O/c17-15-11-20(9-12-4-2-1-3-5-12)10-13(15)6-7-14-8-16(21)19-18-14/h1-5,13-15,18H,6-11,17H2,(H,19,21)/t13-,14?,15+/m1/s1. The number of carbonyl (C=O) groups excluding carboxylic acids is 1. The van der Waals surface area contributed by atoms with E-state index in [4.69, 9.17) is 5.73 Å². The smallest absolute Gasteiger partial charge is 0.235 e. The van der Waals surface area contributed by atoms with Crippen LogP contribution in [0, 0.1) is 5.92 Å². The van der Waals surface area contributed by atoms with Gasteiger partial charge in [-0.25, -0.2) is 5.43 Å². The highest BCUT2D eigenvalue weighted by Crippen LogP contribution is 2.23. The summed E-state index contributed by atoms with van der Waals surface area (Å²) in [6.45, 7) is 3.01. The normalized spacial score (nSPS) is 29.8. The first kappa shape index (κ1) is 14.5. The molecule has 2 aliphatic rings. The molecule has 0 aliphatic carbocycles. The molecule has 5 nitrogen and oxygen atoms in total. The van der Waals surface area contributed by atoms with Crippen molar-refractivity contribution in [3.63, 3.8) is 0 Å². The lowest BCUT2D eigenvalue weighted by molar-refractivity contribution is -0.119. The molecule has 2 saturated heterocycles. The van der Waals surface area contributed by atoms with Crippen molar-refractivity contribution in [2.24, 2.45) is 11.7 Å². The Morgan fingerprint density at radius 3 is 2.71 bits per heavy atom. The number of carbonyl (C=O) groups is 1. The Morgan fingerprint density at radius 2 is 2.00 bits per heavy atom. The fourth-order valence-electron chi connectivity index (χ4n) is 3.36. The number of nitrogens with two attached hydrogens (primary N) is 1. The number of nitrogens with one attached hydrogen (secondary N) is 2. The molecule has 5 heteroatoms. The highest BCUT2D eigenvalue weighted by Gasteiger charge is 2.31. The van der Waals surface area contributed by atoms with Crippen molar-refractivity contribution in [3.8, 4) is 0 Å². The van der Waals surface area contributed by atoms with Gasteiger partial charge in [-0.2, -0.15) is 0 Å². The molecule has 0 aromatic heterocycles. The lowest BCUT2D eigenvalue weighted by atomic mass is 9.95. The number of hydrogen-bond donors (Lipinski definition) is 3. The van der Waals surface area contributed by atoms with Gasteiger partial charge in [-0.3, -0.25) is 15.1 Å². The van der Waals surface area contributed by atoms with Crippen molar-refractivity contribution < 1.29 is 4.79 Å². The molecule has 2 heterocycles. The highest BCUT2D eigenvalue weighted by atomic mass is 16.2. The number of likely N-dealkylation sites (tertiary alicyclic amines) is 1. The molecule has 1 aromatic rings. The van der Waals surface area contributed by atoms with Crippen LogP contribution in [-0.2, 0) is 11.3 Å². The van der Waals surface area contributed by atoms with E-state index in [0.717, 1.165) is 32.5 Å². The first-order valence-electron chi connectivity index (χ1n) is 7.77. The summed E-state index contributed by atoms with van der Waals surface area (Å²) >= 11 is 0. The van der Waals surface area contributed by atoms with Gasteiger partial charge in [0.25, 0.3) is 0 Å². The zero-order valence-corrected chi connectivity index (χ0v) is 12.3. The number of benzene rings is 1. The largest absolute Gasteiger partial charge is 0.326 e. The fraction of sp³-hybridized carbons (Fsp3) is 0.562. The highest BCUT2D eigenvalue weighted by molar-refractivity contribution is 5.77. The minimum absolute atomic E-state index is 0.0985. The average Bonchev–Trinajstić information content (AvgIpc) is 3.04. The average molecular weight is 288 g/mol. The first-order chi connectivity index (χ1) is 10.2. The molecule has 1 amide bonds. The zero-order chi connectivity index (χ0) is 14.7. The molecule has 2 aliphatic heterocycles. The number of rotatable bonds is 5. The molecule has 0 spiro atoms. The van der Waals surface area contributed by atoms with Gasteiger partial charge in [0.15, 0.2) is 0 Å². The molecule has 4 N–H and O–H groups in total. The number of amides is 1. The van der Waals surface area contributed by atoms with Gasteiger partial charge in [0.1, 0.15) is 0 Å². The second kappa shape index (κ2) is 6.56. The molecule has 3 rings (SSSR count). The topological polar surface area (TPSA) is 70.4 Å². The molecule has 0 saturated carbocycles. The summed E-state index contributed by atoms with van der Waals surface area (Å²) in [5, 5.41) is 0. The lowest BCUT2D eigenvalue weighted by Gasteiger charge is -2.17. The lowest BCUT2D eigenvalue weighted by Crippen LogP contribution is -2.33. The van der Waals surface area contributed by atoms with E-state index < -0.39 is 0 Å². The van der Waals surface area contributed by atoms with Crippen molar-refractivity contribution in [3.05, 3.63) is 35.9 Å². The minimum atomic E-state index is 0.0985. The van der Waals surface area contributed by atoms with Gasteiger partial charge in [-0.05, 0) is 24.3 Å². The minimum Gasteiger partial charge on any atom is -0.326 e. The van der Waals surface area contributed by atoms with Crippen LogP contribution in [0.2, 0.25) is 0 Å². The van der Waals surface area contributed by atoms with E-state index in [1.54, 1.807) is 0 Å². The van der Waals surface area contributed by atoms with Crippen LogP contribution in [0.25, 0.3) is 0 Å². The van der Waals surface area contributed by atoms with E-state index in [-0.39, 0.29) is 18.0 Å². The maximum absolute atomic E-state index is 11.2. The third-order valence-corrected chi connectivity index (χ3v) is 4.55. The van der Waals surface area contributed by atoms with E-state index >= 15 is 0 Å². The first-order valence-corrected chi connectivity index (χ1v) is 7.77. The maximum Gasteiger partial charge on any atom is 0.235 e. The van der Waals surface area contributed by atoms with Crippen LogP contribution in [0.3, 0.4) is 0 Å². The van der Waals surface area contributed by atoms with Crippen molar-refractivity contribution >= 4 is 5.91 Å². The van der Waals surface area contributed by atoms with Crippen LogP contribution < -0.4 is 16.6 Å². The Balaban J connectivity index is 1.46. The van der Waals surface area contributed by atoms with Crippen LogP contribution in [0.5, 0.6) is 0 Å². The predicted octanol–water partition coefficient (Wildman–Crippen LogP) is 0.619. The van der Waals surface area contributed by atoms with Crippen molar-refractivity contribution in [1.29, 1.82) is 0 Å². The fourth-order valence-corrected chi connectivity index (χ4v) is 3.36. The molecule has 2 fully saturated rings. The van der Waals surface area contributed by atoms with Gasteiger partial charge >= 0.3 is 0 Å². The van der Waals surface area contributed by atoms with E-state index in [1.807, 2.05) is 6.07 Å². The molecule has 21 heavy (non-hydrogen) atoms. The number of nitrogens with zero attached hydrogens (tertiary/aromatic N) is 1. The molecule has 1 aromatic carbocycles. The monoisotopic (exact) mass is 288 g/mol. The van der Waals surface area contributed by atoms with Gasteiger partial charge in [-0.15, -0.1) is 0 Å². The second-order valence-electron chi connectivity index (χ2n) is 6.27. The Morgan fingerprint density at radius 1 is 1.19 bits per heavy atom. The summed E-state index contributed by atoms with van der Waals surface area (Å²) in [4.78, 5) is 13.6. The van der Waals surface area contributed by atoms with Gasteiger partial charge < -0.3 is 5.73 Å². The van der Waals surface area contributed by atoms with Crippen molar-refractivity contribution in [2.75, 3.05) is 13.1 Å². The second-order valence-corrected chi connectivity index (χ2v) is 6.27. The van der Waals surface area contributed by atoms with Gasteiger partial charge in [0, 0.05) is 38.1 Å². The quantitative estimate of drug-likeness (QED) is 0.743. The van der Waals surface area contributed by atoms with E-state index in [0.29, 0.717) is 12.3 Å². The Hall–Kier alpha value is -1.43. The molecular formula is C16H24N4O. The Bertz CT molecular complexity index is 478. The predicted molar refractivity (Wildman–Crippen MR) is 82.1 cm³/mol. The molecule has 0 bridgehead atoms.